The molecule has 11 nitrogen and oxygen atoms in total. The van der Waals surface area contributed by atoms with Crippen LogP contribution in [0.3, 0.4) is 0 Å². The van der Waals surface area contributed by atoms with Gasteiger partial charge in [-0.15, -0.1) is 0 Å². The van der Waals surface area contributed by atoms with Crippen molar-refractivity contribution >= 4 is 28.9 Å². The lowest BCUT2D eigenvalue weighted by molar-refractivity contribution is -0.385. The number of rotatable bonds is 5. The van der Waals surface area contributed by atoms with E-state index in [9.17, 15) is 25.0 Å². The van der Waals surface area contributed by atoms with Crippen molar-refractivity contribution < 1.29 is 14.6 Å². The van der Waals surface area contributed by atoms with Crippen molar-refractivity contribution in [1.29, 1.82) is 0 Å². The molecule has 2 amide bonds. The lowest BCUT2D eigenvalue weighted by Gasteiger charge is -2.09. The number of amides is 2. The molecule has 0 radical (unpaired) electrons. The van der Waals surface area contributed by atoms with E-state index in [1.165, 1.54) is 36.4 Å². The normalized spacial score (nSPS) is 9.74. The maximum absolute atomic E-state index is 11.7. The Morgan fingerprint density at radius 2 is 1.78 bits per heavy atom. The van der Waals surface area contributed by atoms with Crippen LogP contribution < -0.4 is 16.2 Å². The number of carbonyl (C=O) groups is 1. The van der Waals surface area contributed by atoms with Crippen LogP contribution in [0.4, 0.5) is 27.7 Å². The van der Waals surface area contributed by atoms with E-state index in [4.69, 9.17) is 0 Å². The molecule has 1 aromatic carbocycles. The van der Waals surface area contributed by atoms with Gasteiger partial charge in [0, 0.05) is 23.9 Å². The molecular weight excluding hydrogens is 308 g/mol. The van der Waals surface area contributed by atoms with Crippen LogP contribution in [0.25, 0.3) is 0 Å². The van der Waals surface area contributed by atoms with Crippen molar-refractivity contribution in [3.8, 4) is 0 Å². The van der Waals surface area contributed by atoms with E-state index in [1.54, 1.807) is 0 Å². The van der Waals surface area contributed by atoms with Gasteiger partial charge in [-0.3, -0.25) is 31.1 Å². The smallest absolute Gasteiger partial charge is 0.306 e. The maximum Gasteiger partial charge on any atom is 0.337 e. The number of non-ortho nitro benzene ring substituents is 1. The van der Waals surface area contributed by atoms with Gasteiger partial charge in [0.15, 0.2) is 0 Å². The molecule has 3 N–H and O–H groups in total. The molecule has 0 saturated carbocycles. The SMILES string of the molecule is O=C(NNc1ccc([N+](=O)[O-])cn1)Nc1cccc([N+](=O)[O-])c1. The van der Waals surface area contributed by atoms with Crippen LogP contribution in [0.1, 0.15) is 0 Å². The first kappa shape index (κ1) is 15.6. The van der Waals surface area contributed by atoms with Crippen molar-refractivity contribution in [2.24, 2.45) is 0 Å². The number of nitrogens with one attached hydrogen (secondary N) is 3. The van der Waals surface area contributed by atoms with Gasteiger partial charge < -0.3 is 5.32 Å². The first-order valence-electron chi connectivity index (χ1n) is 6.13. The van der Waals surface area contributed by atoms with Crippen molar-refractivity contribution in [3.63, 3.8) is 0 Å². The summed E-state index contributed by atoms with van der Waals surface area (Å²) in [6.07, 6.45) is 1.03. The van der Waals surface area contributed by atoms with E-state index in [1.807, 2.05) is 0 Å². The highest BCUT2D eigenvalue weighted by Crippen LogP contribution is 2.16. The lowest BCUT2D eigenvalue weighted by atomic mass is 10.3. The van der Waals surface area contributed by atoms with E-state index in [2.05, 4.69) is 21.2 Å². The minimum absolute atomic E-state index is 0.159. The number of benzene rings is 1. The average molecular weight is 318 g/mol. The number of urea groups is 1. The zero-order chi connectivity index (χ0) is 16.8. The number of aromatic nitrogens is 1. The molecule has 118 valence electrons. The minimum Gasteiger partial charge on any atom is -0.306 e. The molecule has 0 aliphatic carbocycles. The zero-order valence-electron chi connectivity index (χ0n) is 11.4. The van der Waals surface area contributed by atoms with Crippen LogP contribution in [0.15, 0.2) is 42.6 Å². The molecule has 1 heterocycles. The predicted molar refractivity (Wildman–Crippen MR) is 79.8 cm³/mol. The number of hydrogen-bond donors (Lipinski definition) is 3. The summed E-state index contributed by atoms with van der Waals surface area (Å²) in [5.41, 5.74) is 4.57. The zero-order valence-corrected chi connectivity index (χ0v) is 11.4. The standard InChI is InChI=1S/C12H10N6O5/c19-12(14-8-2-1-3-9(6-8)17(20)21)16-15-11-5-4-10(7-13-11)18(22)23/h1-7H,(H,13,15)(H2,14,16,19). The van der Waals surface area contributed by atoms with Crippen molar-refractivity contribution in [1.82, 2.24) is 10.4 Å². The number of carbonyl (C=O) groups excluding carboxylic acids is 1. The largest absolute Gasteiger partial charge is 0.337 e. The first-order valence-corrected chi connectivity index (χ1v) is 6.13. The number of anilines is 2. The van der Waals surface area contributed by atoms with Crippen molar-refractivity contribution in [2.45, 2.75) is 0 Å². The highest BCUT2D eigenvalue weighted by Gasteiger charge is 2.08. The molecule has 2 aromatic rings. The summed E-state index contributed by atoms with van der Waals surface area (Å²) in [4.78, 5) is 35.3. The summed E-state index contributed by atoms with van der Waals surface area (Å²) in [6, 6.07) is 7.24. The van der Waals surface area contributed by atoms with Gasteiger partial charge in [-0.25, -0.2) is 9.78 Å². The molecule has 1 aromatic heterocycles. The molecule has 0 atom stereocenters. The number of nitrogens with zero attached hydrogens (tertiary/aromatic N) is 3. The highest BCUT2D eigenvalue weighted by molar-refractivity contribution is 5.90. The summed E-state index contributed by atoms with van der Waals surface area (Å²) in [5.74, 6) is 0.185. The Hall–Kier alpha value is -3.76. The Kier molecular flexibility index (Phi) is 4.62. The third-order valence-electron chi connectivity index (χ3n) is 2.58. The summed E-state index contributed by atoms with van der Waals surface area (Å²) < 4.78 is 0. The van der Waals surface area contributed by atoms with Gasteiger partial charge in [-0.1, -0.05) is 6.07 Å². The number of hydrazine groups is 1. The topological polar surface area (TPSA) is 152 Å². The molecule has 0 aliphatic heterocycles. The minimum atomic E-state index is -0.689. The Bertz CT molecular complexity index is 748. The third-order valence-corrected chi connectivity index (χ3v) is 2.58. The highest BCUT2D eigenvalue weighted by atomic mass is 16.6. The number of pyridine rings is 1. The Morgan fingerprint density at radius 1 is 1.04 bits per heavy atom. The molecule has 0 saturated heterocycles. The van der Waals surface area contributed by atoms with Gasteiger partial charge in [-0.05, 0) is 12.1 Å². The van der Waals surface area contributed by atoms with E-state index < -0.39 is 15.9 Å². The fourth-order valence-electron chi connectivity index (χ4n) is 1.55. The Labute approximate surface area is 128 Å². The van der Waals surface area contributed by atoms with E-state index >= 15 is 0 Å². The van der Waals surface area contributed by atoms with E-state index in [-0.39, 0.29) is 22.9 Å². The van der Waals surface area contributed by atoms with Crippen LogP contribution in [0, 0.1) is 20.2 Å². The van der Waals surface area contributed by atoms with Gasteiger partial charge in [-0.2, -0.15) is 0 Å². The van der Waals surface area contributed by atoms with Gasteiger partial charge >= 0.3 is 6.03 Å². The second-order valence-corrected chi connectivity index (χ2v) is 4.17. The van der Waals surface area contributed by atoms with Crippen molar-refractivity contribution in [2.75, 3.05) is 10.7 Å². The van der Waals surface area contributed by atoms with Crippen molar-refractivity contribution in [3.05, 3.63) is 62.8 Å². The van der Waals surface area contributed by atoms with Crippen LogP contribution in [-0.4, -0.2) is 20.9 Å². The maximum atomic E-state index is 11.7. The molecule has 0 fully saturated rings. The number of nitro groups is 2. The second kappa shape index (κ2) is 6.80. The van der Waals surface area contributed by atoms with Crippen LogP contribution in [0.5, 0.6) is 0 Å². The molecular formula is C12H10N6O5. The van der Waals surface area contributed by atoms with Gasteiger partial charge in [0.05, 0.1) is 9.85 Å². The van der Waals surface area contributed by atoms with E-state index in [0.717, 1.165) is 6.20 Å². The summed E-state index contributed by atoms with van der Waals surface area (Å²) >= 11 is 0. The monoisotopic (exact) mass is 318 g/mol. The summed E-state index contributed by atoms with van der Waals surface area (Å²) in [6.45, 7) is 0. The summed E-state index contributed by atoms with van der Waals surface area (Å²) in [7, 11) is 0. The molecule has 2 rings (SSSR count). The fraction of sp³-hybridized carbons (Fsp3) is 0. The van der Waals surface area contributed by atoms with Crippen LogP contribution in [0.2, 0.25) is 0 Å². The van der Waals surface area contributed by atoms with Crippen LogP contribution >= 0.6 is 0 Å². The summed E-state index contributed by atoms with van der Waals surface area (Å²) in [5, 5.41) is 23.5. The molecule has 0 spiro atoms. The quantitative estimate of drug-likeness (QED) is 0.563. The number of nitro benzene ring substituents is 1. The Morgan fingerprint density at radius 3 is 2.39 bits per heavy atom. The third kappa shape index (κ3) is 4.35. The van der Waals surface area contributed by atoms with Gasteiger partial charge in [0.25, 0.3) is 11.4 Å². The first-order chi connectivity index (χ1) is 11.0. The Balaban J connectivity index is 1.91. The fourth-order valence-corrected chi connectivity index (χ4v) is 1.55. The van der Waals surface area contributed by atoms with Gasteiger partial charge in [0.2, 0.25) is 0 Å². The van der Waals surface area contributed by atoms with Crippen LogP contribution in [-0.2, 0) is 0 Å². The van der Waals surface area contributed by atoms with E-state index in [0.29, 0.717) is 0 Å². The molecule has 23 heavy (non-hydrogen) atoms. The predicted octanol–water partition coefficient (Wildman–Crippen LogP) is 2.05. The average Bonchev–Trinajstić information content (AvgIpc) is 2.53. The van der Waals surface area contributed by atoms with Gasteiger partial charge in [0.1, 0.15) is 12.0 Å². The lowest BCUT2D eigenvalue weighted by Crippen LogP contribution is -2.33. The molecule has 11 heteroatoms. The second-order valence-electron chi connectivity index (χ2n) is 4.17. The molecule has 0 aliphatic rings. The molecule has 0 unspecified atom stereocenters. The molecule has 0 bridgehead atoms. The number of hydrogen-bond acceptors (Lipinski definition) is 7.